The number of nitrogens with one attached hydrogen (secondary N) is 1. The molecule has 1 heterocycles. The van der Waals surface area contributed by atoms with Gasteiger partial charge in [-0.3, -0.25) is 15.3 Å². The van der Waals surface area contributed by atoms with Crippen molar-refractivity contribution in [3.8, 4) is 5.75 Å². The van der Waals surface area contributed by atoms with Crippen LogP contribution in [0.1, 0.15) is 54.5 Å². The van der Waals surface area contributed by atoms with E-state index in [2.05, 4.69) is 41.7 Å². The molecule has 0 spiro atoms. The average molecular weight is 471 g/mol. The number of ether oxygens (including phenoxy) is 1. The summed E-state index contributed by atoms with van der Waals surface area (Å²) in [5, 5.41) is 8.91. The van der Waals surface area contributed by atoms with Gasteiger partial charge in [-0.05, 0) is 60.6 Å². The number of carboxylic acids is 1. The van der Waals surface area contributed by atoms with Gasteiger partial charge in [0.2, 0.25) is 0 Å². The van der Waals surface area contributed by atoms with E-state index in [1.165, 1.54) is 5.57 Å². The van der Waals surface area contributed by atoms with E-state index < -0.39 is 5.97 Å². The van der Waals surface area contributed by atoms with Crippen molar-refractivity contribution in [2.75, 3.05) is 6.61 Å². The standard InChI is InChI=1S/C29H30N2O4/c1-2-25(31-35-29(22-7-4-3-5-8-22)23-15-17-30-18-16-23)13-11-21-12-14-26-24(19-21)9-6-10-27(26)34-20-28(32)33/h3-10,13,15-19,29,31H,2,11-12,14,20H2,1H3,(H,32,33). The van der Waals surface area contributed by atoms with Crippen LogP contribution in [0.15, 0.2) is 90.4 Å². The maximum Gasteiger partial charge on any atom is 0.341 e. The second-order valence-electron chi connectivity index (χ2n) is 8.39. The third-order valence-corrected chi connectivity index (χ3v) is 5.99. The second-order valence-corrected chi connectivity index (χ2v) is 8.39. The van der Waals surface area contributed by atoms with E-state index >= 15 is 0 Å². The van der Waals surface area contributed by atoms with E-state index in [-0.39, 0.29) is 12.7 Å². The highest BCUT2D eigenvalue weighted by Gasteiger charge is 2.17. The number of hydrogen-bond acceptors (Lipinski definition) is 5. The molecule has 3 aromatic rings. The minimum absolute atomic E-state index is 0.251. The largest absolute Gasteiger partial charge is 0.482 e. The topological polar surface area (TPSA) is 80.7 Å². The van der Waals surface area contributed by atoms with Crippen molar-refractivity contribution in [2.24, 2.45) is 0 Å². The number of hydroxylamine groups is 1. The van der Waals surface area contributed by atoms with Crippen LogP contribution in [0.3, 0.4) is 0 Å². The number of pyridine rings is 1. The van der Waals surface area contributed by atoms with Gasteiger partial charge in [-0.25, -0.2) is 4.79 Å². The molecule has 0 fully saturated rings. The van der Waals surface area contributed by atoms with Crippen molar-refractivity contribution in [2.45, 2.75) is 38.7 Å². The number of carboxylic acid groups (broad SMARTS) is 1. The Labute approximate surface area is 205 Å². The molecule has 0 bridgehead atoms. The lowest BCUT2D eigenvalue weighted by Gasteiger charge is -2.21. The first kappa shape index (κ1) is 24.2. The summed E-state index contributed by atoms with van der Waals surface area (Å²) < 4.78 is 5.47. The number of carbonyl (C=O) groups is 1. The van der Waals surface area contributed by atoms with Crippen LogP contribution in [0, 0.1) is 0 Å². The number of nitrogens with zero attached hydrogens (tertiary/aromatic N) is 1. The maximum absolute atomic E-state index is 10.9. The van der Waals surface area contributed by atoms with Gasteiger partial charge in [0.1, 0.15) is 11.9 Å². The highest BCUT2D eigenvalue weighted by Crippen LogP contribution is 2.32. The van der Waals surface area contributed by atoms with E-state index in [1.807, 2.05) is 48.5 Å². The Bertz CT molecular complexity index is 1150. The first-order chi connectivity index (χ1) is 17.1. The molecule has 1 aliphatic carbocycles. The van der Waals surface area contributed by atoms with Gasteiger partial charge in [0.05, 0.1) is 0 Å². The molecule has 1 aromatic heterocycles. The number of aromatic nitrogens is 1. The Hall–Kier alpha value is -3.90. The van der Waals surface area contributed by atoms with Gasteiger partial charge < -0.3 is 9.84 Å². The maximum atomic E-state index is 10.9. The summed E-state index contributed by atoms with van der Waals surface area (Å²) in [5.41, 5.74) is 9.79. The summed E-state index contributed by atoms with van der Waals surface area (Å²) in [6.07, 6.45) is 11.0. The fourth-order valence-electron chi connectivity index (χ4n) is 4.14. The van der Waals surface area contributed by atoms with Crippen LogP contribution >= 0.6 is 0 Å². The minimum Gasteiger partial charge on any atom is -0.482 e. The Morgan fingerprint density at radius 3 is 2.57 bits per heavy atom. The zero-order valence-electron chi connectivity index (χ0n) is 19.8. The van der Waals surface area contributed by atoms with Crippen molar-refractivity contribution in [3.05, 3.63) is 113 Å². The van der Waals surface area contributed by atoms with E-state index in [1.54, 1.807) is 12.4 Å². The van der Waals surface area contributed by atoms with Crippen LogP contribution in [0.5, 0.6) is 5.75 Å². The lowest BCUT2D eigenvalue weighted by molar-refractivity contribution is -0.139. The van der Waals surface area contributed by atoms with Crippen LogP contribution in [0.25, 0.3) is 6.08 Å². The number of benzene rings is 2. The lowest BCUT2D eigenvalue weighted by Crippen LogP contribution is -2.19. The summed E-state index contributed by atoms with van der Waals surface area (Å²) in [7, 11) is 0. The molecule has 2 N–H and O–H groups in total. The molecule has 2 aromatic carbocycles. The van der Waals surface area contributed by atoms with Crippen LogP contribution in [0.2, 0.25) is 0 Å². The first-order valence-electron chi connectivity index (χ1n) is 11.9. The van der Waals surface area contributed by atoms with Gasteiger partial charge in [0.25, 0.3) is 0 Å². The lowest BCUT2D eigenvalue weighted by atomic mass is 9.90. The first-order valence-corrected chi connectivity index (χ1v) is 11.9. The highest BCUT2D eigenvalue weighted by atomic mass is 16.7. The van der Waals surface area contributed by atoms with Crippen molar-refractivity contribution in [1.82, 2.24) is 10.5 Å². The minimum atomic E-state index is -0.972. The van der Waals surface area contributed by atoms with E-state index in [4.69, 9.17) is 14.7 Å². The van der Waals surface area contributed by atoms with Crippen LogP contribution in [-0.4, -0.2) is 22.7 Å². The predicted octanol–water partition coefficient (Wildman–Crippen LogP) is 5.87. The number of allylic oxidation sites excluding steroid dienone is 3. The normalized spacial score (nSPS) is 14.0. The average Bonchev–Trinajstić information content (AvgIpc) is 2.90. The summed E-state index contributed by atoms with van der Waals surface area (Å²) in [4.78, 5) is 21.2. The number of rotatable bonds is 11. The molecule has 4 rings (SSSR count). The quantitative estimate of drug-likeness (QED) is 0.341. The van der Waals surface area contributed by atoms with Crippen molar-refractivity contribution in [3.63, 3.8) is 0 Å². The fourth-order valence-corrected chi connectivity index (χ4v) is 4.14. The number of aliphatic carboxylic acids is 1. The molecule has 6 heteroatoms. The van der Waals surface area contributed by atoms with E-state index in [9.17, 15) is 4.79 Å². The molecule has 35 heavy (non-hydrogen) atoms. The Kier molecular flexibility index (Phi) is 8.30. The summed E-state index contributed by atoms with van der Waals surface area (Å²) in [5.74, 6) is -0.317. The van der Waals surface area contributed by atoms with E-state index in [0.29, 0.717) is 5.75 Å². The Morgan fingerprint density at radius 2 is 1.83 bits per heavy atom. The van der Waals surface area contributed by atoms with Gasteiger partial charge in [-0.2, -0.15) is 0 Å². The van der Waals surface area contributed by atoms with Gasteiger partial charge in [0, 0.05) is 23.7 Å². The molecule has 1 aliphatic rings. The van der Waals surface area contributed by atoms with Gasteiger partial charge in [-0.1, -0.05) is 67.1 Å². The zero-order valence-corrected chi connectivity index (χ0v) is 19.8. The molecular weight excluding hydrogens is 440 g/mol. The second kappa shape index (κ2) is 12.0. The predicted molar refractivity (Wildman–Crippen MR) is 136 cm³/mol. The summed E-state index contributed by atoms with van der Waals surface area (Å²) in [6.45, 7) is 1.77. The Morgan fingerprint density at radius 1 is 1.06 bits per heavy atom. The van der Waals surface area contributed by atoms with E-state index in [0.717, 1.165) is 53.6 Å². The Balaban J connectivity index is 1.44. The number of fused-ring (bicyclic) bond motifs is 1. The highest BCUT2D eigenvalue weighted by molar-refractivity contribution is 5.69. The van der Waals surface area contributed by atoms with Crippen LogP contribution < -0.4 is 10.2 Å². The van der Waals surface area contributed by atoms with Crippen LogP contribution in [-0.2, 0) is 16.1 Å². The molecule has 6 nitrogen and oxygen atoms in total. The van der Waals surface area contributed by atoms with Gasteiger partial charge >= 0.3 is 5.97 Å². The SMILES string of the molecule is CCC(=CCC1=Cc2cccc(OCC(=O)O)c2CC1)NOC(c1ccccc1)c1ccncc1. The third kappa shape index (κ3) is 6.58. The third-order valence-electron chi connectivity index (χ3n) is 5.99. The van der Waals surface area contributed by atoms with Crippen molar-refractivity contribution in [1.29, 1.82) is 0 Å². The molecule has 180 valence electrons. The number of hydrogen-bond donors (Lipinski definition) is 2. The monoisotopic (exact) mass is 470 g/mol. The molecule has 0 amide bonds. The molecule has 0 aliphatic heterocycles. The molecule has 0 radical (unpaired) electrons. The van der Waals surface area contributed by atoms with Crippen molar-refractivity contribution >= 4 is 12.0 Å². The molecule has 0 saturated heterocycles. The molecule has 0 saturated carbocycles. The smallest absolute Gasteiger partial charge is 0.341 e. The fraction of sp³-hybridized carbons (Fsp3) is 0.241. The van der Waals surface area contributed by atoms with Gasteiger partial charge in [0.15, 0.2) is 6.61 Å². The van der Waals surface area contributed by atoms with Crippen LogP contribution in [0.4, 0.5) is 0 Å². The van der Waals surface area contributed by atoms with Gasteiger partial charge in [-0.15, -0.1) is 0 Å². The molecular formula is C29H30N2O4. The summed E-state index contributed by atoms with van der Waals surface area (Å²) >= 11 is 0. The zero-order chi connectivity index (χ0) is 24.5. The summed E-state index contributed by atoms with van der Waals surface area (Å²) in [6, 6.07) is 19.8. The van der Waals surface area contributed by atoms with Crippen molar-refractivity contribution < 1.29 is 19.5 Å². The molecule has 1 atom stereocenters. The molecule has 1 unspecified atom stereocenters.